The minimum atomic E-state index is -0.557. The van der Waals surface area contributed by atoms with Crippen molar-refractivity contribution in [1.82, 2.24) is 0 Å². The van der Waals surface area contributed by atoms with E-state index in [2.05, 4.69) is 22.1 Å². The maximum absolute atomic E-state index is 11.6. The van der Waals surface area contributed by atoms with E-state index < -0.39 is 11.9 Å². The zero-order chi connectivity index (χ0) is 14.4. The summed E-state index contributed by atoms with van der Waals surface area (Å²) in [5.74, 6) is -1.19. The average Bonchev–Trinajstić information content (AvgIpc) is 2.45. The predicted molar refractivity (Wildman–Crippen MR) is 71.7 cm³/mol. The molecule has 19 heavy (non-hydrogen) atoms. The van der Waals surface area contributed by atoms with Crippen LogP contribution >= 0.6 is 12.6 Å². The monoisotopic (exact) mass is 282 g/mol. The highest BCUT2D eigenvalue weighted by Gasteiger charge is 2.17. The van der Waals surface area contributed by atoms with Gasteiger partial charge in [-0.15, -0.1) is 0 Å². The van der Waals surface area contributed by atoms with Crippen molar-refractivity contribution in [2.75, 3.05) is 20.0 Å². The van der Waals surface area contributed by atoms with Crippen molar-refractivity contribution >= 4 is 30.4 Å². The number of hydrogen-bond acceptors (Lipinski definition) is 6. The van der Waals surface area contributed by atoms with E-state index >= 15 is 0 Å². The molecule has 0 aliphatic heterocycles. The number of methoxy groups -OCH3 is 2. The molecule has 0 aromatic heterocycles. The van der Waals surface area contributed by atoms with E-state index in [-0.39, 0.29) is 29.1 Å². The minimum Gasteiger partial charge on any atom is -0.465 e. The molecule has 0 saturated carbocycles. The minimum absolute atomic E-state index is 0.0127. The molecule has 0 aliphatic rings. The zero-order valence-electron chi connectivity index (χ0n) is 10.6. The van der Waals surface area contributed by atoms with Crippen LogP contribution in [0.15, 0.2) is 18.2 Å². The van der Waals surface area contributed by atoms with Crippen molar-refractivity contribution in [3.8, 4) is 0 Å². The van der Waals surface area contributed by atoms with Crippen LogP contribution in [0.1, 0.15) is 26.3 Å². The van der Waals surface area contributed by atoms with Crippen LogP contribution in [0.4, 0.5) is 0 Å². The fourth-order valence-corrected chi connectivity index (χ4v) is 1.67. The second-order valence-corrected chi connectivity index (χ2v) is 4.04. The molecule has 1 aromatic rings. The number of rotatable bonds is 5. The van der Waals surface area contributed by atoms with Crippen LogP contribution in [0, 0.1) is 0 Å². The third-order valence-corrected chi connectivity index (χ3v) is 2.85. The van der Waals surface area contributed by atoms with Gasteiger partial charge >= 0.3 is 11.9 Å². The Morgan fingerprint density at radius 1 is 1.11 bits per heavy atom. The van der Waals surface area contributed by atoms with E-state index in [1.807, 2.05) is 0 Å². The van der Waals surface area contributed by atoms with Crippen molar-refractivity contribution in [3.05, 3.63) is 34.9 Å². The lowest BCUT2D eigenvalue weighted by Crippen LogP contribution is -2.13. The first-order chi connectivity index (χ1) is 9.03. The van der Waals surface area contributed by atoms with E-state index in [0.717, 1.165) is 0 Å². The summed E-state index contributed by atoms with van der Waals surface area (Å²) >= 11 is 3.88. The molecule has 1 aromatic carbocycles. The molecule has 0 radical (unpaired) electrons. The summed E-state index contributed by atoms with van der Waals surface area (Å²) in [4.78, 5) is 34.5. The fraction of sp³-hybridized carbons (Fsp3) is 0.308. The second kappa shape index (κ2) is 6.94. The summed E-state index contributed by atoms with van der Waals surface area (Å²) in [5.41, 5.74) is 0.955. The predicted octanol–water partition coefficient (Wildman–Crippen LogP) is 1.30. The molecule has 5 nitrogen and oxygen atoms in total. The lowest BCUT2D eigenvalue weighted by Gasteiger charge is -2.09. The highest BCUT2D eigenvalue weighted by atomic mass is 32.1. The van der Waals surface area contributed by atoms with E-state index in [4.69, 9.17) is 0 Å². The molecular formula is C13H14O5S. The largest absolute Gasteiger partial charge is 0.465 e. The van der Waals surface area contributed by atoms with Gasteiger partial charge in [-0.1, -0.05) is 0 Å². The molecule has 0 bridgehead atoms. The molecule has 0 spiro atoms. The molecule has 6 heteroatoms. The molecule has 102 valence electrons. The number of ketones is 1. The van der Waals surface area contributed by atoms with Gasteiger partial charge in [0.2, 0.25) is 0 Å². The Morgan fingerprint density at radius 2 is 1.74 bits per heavy atom. The smallest absolute Gasteiger partial charge is 0.338 e. The molecule has 1 rings (SSSR count). The normalized spacial score (nSPS) is 9.84. The maximum Gasteiger partial charge on any atom is 0.338 e. The molecule has 0 atom stereocenters. The van der Waals surface area contributed by atoms with Gasteiger partial charge in [0, 0.05) is 12.2 Å². The Labute approximate surface area is 116 Å². The van der Waals surface area contributed by atoms with Crippen LogP contribution in [0.5, 0.6) is 0 Å². The third-order valence-electron chi connectivity index (χ3n) is 2.50. The lowest BCUT2D eigenvalue weighted by atomic mass is 9.99. The molecule has 0 fully saturated rings. The van der Waals surface area contributed by atoms with Crippen molar-refractivity contribution in [3.63, 3.8) is 0 Å². The van der Waals surface area contributed by atoms with Crippen LogP contribution < -0.4 is 0 Å². The number of Topliss-reactive ketones (excluding diaryl/α,β-unsaturated/α-hetero) is 1. The van der Waals surface area contributed by atoms with E-state index in [9.17, 15) is 14.4 Å². The van der Waals surface area contributed by atoms with E-state index in [1.165, 1.54) is 32.4 Å². The van der Waals surface area contributed by atoms with Crippen LogP contribution in [0.2, 0.25) is 0 Å². The number of ether oxygens (including phenoxy) is 2. The number of hydrogen-bond donors (Lipinski definition) is 1. The van der Waals surface area contributed by atoms with Crippen LogP contribution in [0.25, 0.3) is 0 Å². The maximum atomic E-state index is 11.6. The first kappa shape index (κ1) is 15.2. The Balaban J connectivity index is 3.21. The summed E-state index contributed by atoms with van der Waals surface area (Å²) in [6, 6.07) is 4.35. The summed E-state index contributed by atoms with van der Waals surface area (Å²) in [5, 5.41) is 0. The SMILES string of the molecule is COC(=O)c1ccc(C(=O)OC)c(CC(=O)CS)c1. The number of esters is 2. The lowest BCUT2D eigenvalue weighted by molar-refractivity contribution is -0.115. The van der Waals surface area contributed by atoms with Gasteiger partial charge in [0.05, 0.1) is 25.3 Å². The quantitative estimate of drug-likeness (QED) is 0.651. The van der Waals surface area contributed by atoms with Gasteiger partial charge < -0.3 is 9.47 Å². The standard InChI is InChI=1S/C13H14O5S/c1-17-12(15)8-3-4-11(13(16)18-2)9(5-8)6-10(14)7-19/h3-5,19H,6-7H2,1-2H3. The number of carbonyl (C=O) groups is 3. The second-order valence-electron chi connectivity index (χ2n) is 3.73. The van der Waals surface area contributed by atoms with Gasteiger partial charge in [-0.25, -0.2) is 9.59 Å². The van der Waals surface area contributed by atoms with Gasteiger partial charge in [-0.2, -0.15) is 12.6 Å². The van der Waals surface area contributed by atoms with Gasteiger partial charge in [0.25, 0.3) is 0 Å². The molecule has 0 N–H and O–H groups in total. The number of thiol groups is 1. The Kier molecular flexibility index (Phi) is 5.57. The molecule has 0 heterocycles. The summed E-state index contributed by atoms with van der Waals surface area (Å²) in [7, 11) is 2.51. The first-order valence-electron chi connectivity index (χ1n) is 5.45. The molecular weight excluding hydrogens is 268 g/mol. The molecule has 0 aliphatic carbocycles. The van der Waals surface area contributed by atoms with E-state index in [0.29, 0.717) is 5.56 Å². The molecule has 0 saturated heterocycles. The van der Waals surface area contributed by atoms with E-state index in [1.54, 1.807) is 0 Å². The molecule has 0 amide bonds. The summed E-state index contributed by atoms with van der Waals surface area (Å²) < 4.78 is 9.23. The van der Waals surface area contributed by atoms with Gasteiger partial charge in [0.1, 0.15) is 5.78 Å². The topological polar surface area (TPSA) is 69.7 Å². The van der Waals surface area contributed by atoms with Crippen molar-refractivity contribution in [2.24, 2.45) is 0 Å². The Bertz CT molecular complexity index is 510. The summed E-state index contributed by atoms with van der Waals surface area (Å²) in [6.45, 7) is 0. The van der Waals surface area contributed by atoms with Crippen LogP contribution in [-0.4, -0.2) is 37.7 Å². The average molecular weight is 282 g/mol. The molecule has 0 unspecified atom stereocenters. The first-order valence-corrected chi connectivity index (χ1v) is 6.08. The highest BCUT2D eigenvalue weighted by molar-refractivity contribution is 7.81. The van der Waals surface area contributed by atoms with Crippen LogP contribution in [0.3, 0.4) is 0 Å². The summed E-state index contributed by atoms with van der Waals surface area (Å²) in [6.07, 6.45) is 0.0127. The highest BCUT2D eigenvalue weighted by Crippen LogP contribution is 2.15. The zero-order valence-corrected chi connectivity index (χ0v) is 11.5. The van der Waals surface area contributed by atoms with Gasteiger partial charge in [0.15, 0.2) is 0 Å². The third kappa shape index (κ3) is 3.82. The van der Waals surface area contributed by atoms with Gasteiger partial charge in [-0.3, -0.25) is 4.79 Å². The van der Waals surface area contributed by atoms with Crippen molar-refractivity contribution in [2.45, 2.75) is 6.42 Å². The van der Waals surface area contributed by atoms with Crippen molar-refractivity contribution in [1.29, 1.82) is 0 Å². The Hall–Kier alpha value is -1.82. The van der Waals surface area contributed by atoms with Crippen molar-refractivity contribution < 1.29 is 23.9 Å². The fourth-order valence-electron chi connectivity index (χ4n) is 1.56. The number of carbonyl (C=O) groups excluding carboxylic acids is 3. The number of benzene rings is 1. The van der Waals surface area contributed by atoms with Gasteiger partial charge in [-0.05, 0) is 23.8 Å². The van der Waals surface area contributed by atoms with Crippen LogP contribution in [-0.2, 0) is 20.7 Å². The Morgan fingerprint density at radius 3 is 2.26 bits per heavy atom.